The fourth-order valence-electron chi connectivity index (χ4n) is 9.23. The largest absolute Gasteiger partial charge is 0.309 e. The second-order valence-corrected chi connectivity index (χ2v) is 16.0. The van der Waals surface area contributed by atoms with E-state index in [0.717, 1.165) is 68.2 Å². The van der Waals surface area contributed by atoms with E-state index in [2.05, 4.69) is 185 Å². The average molecular weight is 794 g/mol. The number of rotatable bonds is 7. The van der Waals surface area contributed by atoms with Crippen LogP contribution in [0, 0.1) is 0 Å². The van der Waals surface area contributed by atoms with Crippen LogP contribution in [0.2, 0.25) is 0 Å². The first kappa shape index (κ1) is 35.8. The number of allylic oxidation sites excluding steroid dienone is 4. The fourth-order valence-corrected chi connectivity index (χ4v) is 9.23. The highest BCUT2D eigenvalue weighted by molar-refractivity contribution is 6.13. The number of hydrogen-bond donors (Lipinski definition) is 0. The van der Waals surface area contributed by atoms with Gasteiger partial charge in [-0.3, -0.25) is 4.57 Å². The number of hydrogen-bond acceptors (Lipinski definition) is 3. The zero-order valence-corrected chi connectivity index (χ0v) is 33.9. The predicted octanol–water partition coefficient (Wildman–Crippen LogP) is 14.5. The molecule has 1 aliphatic carbocycles. The summed E-state index contributed by atoms with van der Waals surface area (Å²) in [4.78, 5) is 15.4. The summed E-state index contributed by atoms with van der Waals surface area (Å²) in [6.45, 7) is 0. The van der Waals surface area contributed by atoms with Crippen molar-refractivity contribution >= 4 is 49.2 Å². The third-order valence-corrected chi connectivity index (χ3v) is 12.3. The van der Waals surface area contributed by atoms with Crippen molar-refractivity contribution in [3.8, 4) is 56.7 Å². The van der Waals surface area contributed by atoms with Crippen molar-refractivity contribution in [1.29, 1.82) is 0 Å². The third-order valence-electron chi connectivity index (χ3n) is 12.3. The van der Waals surface area contributed by atoms with E-state index in [4.69, 9.17) is 15.0 Å². The summed E-state index contributed by atoms with van der Waals surface area (Å²) in [5.41, 5.74) is 14.8. The van der Waals surface area contributed by atoms with E-state index < -0.39 is 0 Å². The molecule has 62 heavy (non-hydrogen) atoms. The maximum absolute atomic E-state index is 5.20. The van der Waals surface area contributed by atoms with Crippen molar-refractivity contribution in [3.63, 3.8) is 0 Å². The lowest BCUT2D eigenvalue weighted by atomic mass is 9.95. The van der Waals surface area contributed by atoms with Gasteiger partial charge in [0, 0.05) is 38.4 Å². The Kier molecular flexibility index (Phi) is 8.56. The Balaban J connectivity index is 1.08. The van der Waals surface area contributed by atoms with Crippen LogP contribution >= 0.6 is 0 Å². The number of para-hydroxylation sites is 1. The van der Waals surface area contributed by atoms with Gasteiger partial charge in [0.25, 0.3) is 0 Å². The van der Waals surface area contributed by atoms with Crippen molar-refractivity contribution in [3.05, 3.63) is 218 Å². The molecule has 1 aliphatic rings. The number of nitrogens with zero attached hydrogens (tertiary/aromatic N) is 5. The van der Waals surface area contributed by atoms with Crippen LogP contribution in [0.1, 0.15) is 18.4 Å². The highest BCUT2D eigenvalue weighted by Crippen LogP contribution is 2.40. The maximum Gasteiger partial charge on any atom is 0.238 e. The Morgan fingerprint density at radius 1 is 0.355 bits per heavy atom. The highest BCUT2D eigenvalue weighted by Gasteiger charge is 2.20. The zero-order valence-electron chi connectivity index (χ0n) is 33.9. The van der Waals surface area contributed by atoms with Crippen LogP contribution in [0.25, 0.3) is 106 Å². The van der Waals surface area contributed by atoms with E-state index in [1.165, 1.54) is 38.5 Å². The number of fused-ring (bicyclic) bond motifs is 6. The SMILES string of the molecule is C1=CCCC(c2ccc3c(c2)c2cc(-c4ccc5c(c4)c4cc(-c6ccccc6)ccc4n5-c4nc(-c5ccccc5)nc(-c5ccccc5)n4)ccc2n3-c2ccccc2)=C1. The van der Waals surface area contributed by atoms with E-state index in [1.807, 2.05) is 36.4 Å². The van der Waals surface area contributed by atoms with Gasteiger partial charge in [0.1, 0.15) is 0 Å². The van der Waals surface area contributed by atoms with Gasteiger partial charge in [-0.15, -0.1) is 0 Å². The molecule has 0 atom stereocenters. The maximum atomic E-state index is 5.20. The van der Waals surface area contributed by atoms with Gasteiger partial charge in [-0.2, -0.15) is 9.97 Å². The van der Waals surface area contributed by atoms with Crippen LogP contribution in [-0.2, 0) is 0 Å². The van der Waals surface area contributed by atoms with Gasteiger partial charge in [-0.1, -0.05) is 152 Å². The molecule has 11 aromatic rings. The Bertz CT molecular complexity index is 3490. The summed E-state index contributed by atoms with van der Waals surface area (Å²) >= 11 is 0. The standard InChI is InChI=1S/C57H39N5/c1-6-16-38(17-7-1)42-26-30-51-47(34-42)48-36-44(28-31-52(48)61(51)46-24-14-5-15-25-46)45-29-33-54-50(37-45)49-35-43(39-18-8-2-9-19-39)27-32-53(49)62(54)57-59-55(40-20-10-3-11-21-40)58-56(60-57)41-22-12-4-13-23-41/h1-6,8-16,18-37H,7,17H2. The van der Waals surface area contributed by atoms with Crippen molar-refractivity contribution in [2.75, 3.05) is 0 Å². The second-order valence-electron chi connectivity index (χ2n) is 16.0. The molecular weight excluding hydrogens is 755 g/mol. The monoisotopic (exact) mass is 793 g/mol. The topological polar surface area (TPSA) is 48.5 Å². The molecule has 0 fully saturated rings. The second kappa shape index (κ2) is 14.8. The van der Waals surface area contributed by atoms with Crippen molar-refractivity contribution in [1.82, 2.24) is 24.1 Å². The van der Waals surface area contributed by atoms with Crippen LogP contribution in [0.15, 0.2) is 212 Å². The normalized spacial score (nSPS) is 12.7. The summed E-state index contributed by atoms with van der Waals surface area (Å²) in [5.74, 6) is 1.83. The van der Waals surface area contributed by atoms with Gasteiger partial charge in [0.05, 0.1) is 22.1 Å². The summed E-state index contributed by atoms with van der Waals surface area (Å²) < 4.78 is 4.61. The van der Waals surface area contributed by atoms with Gasteiger partial charge in [-0.25, -0.2) is 4.98 Å². The number of aromatic nitrogens is 5. The van der Waals surface area contributed by atoms with Gasteiger partial charge in [-0.05, 0) is 107 Å². The zero-order chi connectivity index (χ0) is 41.0. The highest BCUT2D eigenvalue weighted by atomic mass is 15.2. The first-order valence-corrected chi connectivity index (χ1v) is 21.2. The summed E-state index contributed by atoms with van der Waals surface area (Å²) in [6, 6.07) is 69.1. The molecule has 0 amide bonds. The quantitative estimate of drug-likeness (QED) is 0.161. The van der Waals surface area contributed by atoms with Crippen LogP contribution in [0.5, 0.6) is 0 Å². The molecule has 0 aliphatic heterocycles. The van der Waals surface area contributed by atoms with E-state index in [0.29, 0.717) is 17.6 Å². The molecule has 5 heteroatoms. The van der Waals surface area contributed by atoms with Crippen LogP contribution < -0.4 is 0 Å². The fraction of sp³-hybridized carbons (Fsp3) is 0.0351. The van der Waals surface area contributed by atoms with Crippen LogP contribution in [0.3, 0.4) is 0 Å². The molecule has 0 N–H and O–H groups in total. The van der Waals surface area contributed by atoms with Gasteiger partial charge in [0.15, 0.2) is 11.6 Å². The van der Waals surface area contributed by atoms with Crippen molar-refractivity contribution in [2.24, 2.45) is 0 Å². The van der Waals surface area contributed by atoms with Gasteiger partial charge < -0.3 is 4.57 Å². The lowest BCUT2D eigenvalue weighted by molar-refractivity contribution is 0.953. The Morgan fingerprint density at radius 2 is 0.774 bits per heavy atom. The molecule has 3 aromatic heterocycles. The lowest BCUT2D eigenvalue weighted by Crippen LogP contribution is -2.06. The van der Waals surface area contributed by atoms with Gasteiger partial charge >= 0.3 is 0 Å². The molecule has 0 radical (unpaired) electrons. The average Bonchev–Trinajstić information content (AvgIpc) is 3.86. The summed E-state index contributed by atoms with van der Waals surface area (Å²) in [6.07, 6.45) is 8.83. The van der Waals surface area contributed by atoms with Crippen molar-refractivity contribution in [2.45, 2.75) is 12.8 Å². The molecule has 0 saturated carbocycles. The minimum absolute atomic E-state index is 0.576. The molecule has 3 heterocycles. The van der Waals surface area contributed by atoms with Crippen LogP contribution in [-0.4, -0.2) is 24.1 Å². The first-order valence-electron chi connectivity index (χ1n) is 21.2. The molecule has 8 aromatic carbocycles. The minimum Gasteiger partial charge on any atom is -0.309 e. The van der Waals surface area contributed by atoms with E-state index in [1.54, 1.807) is 0 Å². The van der Waals surface area contributed by atoms with E-state index in [-0.39, 0.29) is 0 Å². The molecule has 0 bridgehead atoms. The third kappa shape index (κ3) is 6.13. The molecule has 292 valence electrons. The minimum atomic E-state index is 0.576. The van der Waals surface area contributed by atoms with Crippen LogP contribution in [0.4, 0.5) is 0 Å². The molecule has 0 unspecified atom stereocenters. The summed E-state index contributed by atoms with van der Waals surface area (Å²) in [5, 5.41) is 4.75. The van der Waals surface area contributed by atoms with Crippen molar-refractivity contribution < 1.29 is 0 Å². The molecule has 0 spiro atoms. The first-order chi connectivity index (χ1) is 30.7. The Labute approximate surface area is 359 Å². The predicted molar refractivity (Wildman–Crippen MR) is 257 cm³/mol. The number of benzene rings is 8. The van der Waals surface area contributed by atoms with E-state index >= 15 is 0 Å². The molecule has 5 nitrogen and oxygen atoms in total. The van der Waals surface area contributed by atoms with Gasteiger partial charge in [0.2, 0.25) is 5.95 Å². The Hall–Kier alpha value is -8.15. The van der Waals surface area contributed by atoms with E-state index in [9.17, 15) is 0 Å². The molecule has 0 saturated heterocycles. The molecule has 12 rings (SSSR count). The lowest BCUT2D eigenvalue weighted by Gasteiger charge is -2.11. The Morgan fingerprint density at radius 3 is 1.26 bits per heavy atom. The summed E-state index contributed by atoms with van der Waals surface area (Å²) in [7, 11) is 0. The smallest absolute Gasteiger partial charge is 0.238 e. The molecular formula is C57H39N5.